The van der Waals surface area contributed by atoms with Crippen molar-refractivity contribution in [1.82, 2.24) is 10.3 Å². The molecule has 0 atom stereocenters. The number of hydrogen-bond donors (Lipinski definition) is 1. The molecule has 0 spiro atoms. The molecule has 0 bridgehead atoms. The zero-order valence-corrected chi connectivity index (χ0v) is 14.2. The molecule has 0 unspecified atom stereocenters. The molecule has 25 heavy (non-hydrogen) atoms. The molecule has 2 aromatic carbocycles. The van der Waals surface area contributed by atoms with Crippen LogP contribution in [-0.2, 0) is 11.2 Å². The van der Waals surface area contributed by atoms with E-state index < -0.39 is 0 Å². The Hall–Kier alpha value is -2.86. The number of hydrogen-bond acceptors (Lipinski definition) is 5. The normalized spacial score (nSPS) is 10.8. The first-order valence-electron chi connectivity index (χ1n) is 7.99. The maximum Gasteiger partial charge on any atom is 0.251 e. The van der Waals surface area contributed by atoms with Crippen LogP contribution in [0.1, 0.15) is 21.8 Å². The Kier molecular flexibility index (Phi) is 5.30. The number of aromatic nitrogens is 1. The minimum Gasteiger partial charge on any atom is -0.497 e. The monoisotopic (exact) mass is 340 g/mol. The third-order valence-corrected chi connectivity index (χ3v) is 3.80. The molecule has 1 heterocycles. The molecule has 1 N–H and O–H groups in total. The summed E-state index contributed by atoms with van der Waals surface area (Å²) in [7, 11) is 3.23. The number of carbonyl (C=O) groups is 1. The van der Waals surface area contributed by atoms with Gasteiger partial charge in [-0.1, -0.05) is 12.1 Å². The minimum atomic E-state index is -0.160. The largest absolute Gasteiger partial charge is 0.497 e. The molecule has 130 valence electrons. The number of oxazole rings is 1. The molecule has 3 rings (SSSR count). The number of methoxy groups -OCH3 is 2. The van der Waals surface area contributed by atoms with Crippen LogP contribution in [-0.4, -0.2) is 38.3 Å². The van der Waals surface area contributed by atoms with E-state index in [-0.39, 0.29) is 5.91 Å². The van der Waals surface area contributed by atoms with Gasteiger partial charge in [0.2, 0.25) is 0 Å². The van der Waals surface area contributed by atoms with Crippen molar-refractivity contribution in [2.45, 2.75) is 6.42 Å². The van der Waals surface area contributed by atoms with Gasteiger partial charge in [0.25, 0.3) is 5.91 Å². The van der Waals surface area contributed by atoms with Gasteiger partial charge in [-0.05, 0) is 35.9 Å². The Morgan fingerprint density at radius 2 is 1.96 bits per heavy atom. The average Bonchev–Trinajstić information content (AvgIpc) is 3.03. The lowest BCUT2D eigenvalue weighted by atomic mass is 10.1. The molecule has 0 saturated carbocycles. The van der Waals surface area contributed by atoms with E-state index in [0.29, 0.717) is 36.6 Å². The molecule has 0 radical (unpaired) electrons. The fourth-order valence-electron chi connectivity index (χ4n) is 2.48. The maximum atomic E-state index is 12.1. The van der Waals surface area contributed by atoms with Gasteiger partial charge >= 0.3 is 0 Å². The first-order valence-corrected chi connectivity index (χ1v) is 7.99. The van der Waals surface area contributed by atoms with Gasteiger partial charge in [-0.15, -0.1) is 0 Å². The van der Waals surface area contributed by atoms with Crippen molar-refractivity contribution in [2.24, 2.45) is 0 Å². The molecule has 0 aliphatic carbocycles. The number of carbonyl (C=O) groups excluding carboxylic acids is 1. The van der Waals surface area contributed by atoms with Gasteiger partial charge in [0.15, 0.2) is 11.5 Å². The summed E-state index contributed by atoms with van der Waals surface area (Å²) in [6, 6.07) is 13.0. The summed E-state index contributed by atoms with van der Waals surface area (Å²) < 4.78 is 15.9. The van der Waals surface area contributed by atoms with E-state index in [0.717, 1.165) is 16.8 Å². The molecule has 0 fully saturated rings. The van der Waals surface area contributed by atoms with Gasteiger partial charge in [0, 0.05) is 25.6 Å². The highest BCUT2D eigenvalue weighted by Gasteiger charge is 2.11. The predicted molar refractivity (Wildman–Crippen MR) is 94.0 cm³/mol. The van der Waals surface area contributed by atoms with Crippen molar-refractivity contribution < 1.29 is 18.7 Å². The predicted octanol–water partition coefficient (Wildman–Crippen LogP) is 2.80. The lowest BCUT2D eigenvalue weighted by molar-refractivity contribution is 0.0937. The van der Waals surface area contributed by atoms with E-state index in [4.69, 9.17) is 13.9 Å². The zero-order chi connectivity index (χ0) is 17.6. The van der Waals surface area contributed by atoms with Gasteiger partial charge in [0.05, 0.1) is 13.7 Å². The lowest BCUT2D eigenvalue weighted by Crippen LogP contribution is -2.26. The summed E-state index contributed by atoms with van der Waals surface area (Å²) in [6.07, 6.45) is 0.577. The highest BCUT2D eigenvalue weighted by Crippen LogP contribution is 2.20. The van der Waals surface area contributed by atoms with Crippen LogP contribution in [0.2, 0.25) is 0 Å². The number of benzene rings is 2. The smallest absolute Gasteiger partial charge is 0.251 e. The molecule has 0 aliphatic rings. The average molecular weight is 340 g/mol. The Labute approximate surface area is 145 Å². The van der Waals surface area contributed by atoms with E-state index in [1.807, 2.05) is 24.3 Å². The van der Waals surface area contributed by atoms with Crippen LogP contribution in [0, 0.1) is 0 Å². The van der Waals surface area contributed by atoms with Crippen LogP contribution < -0.4 is 10.1 Å². The third kappa shape index (κ3) is 4.16. The number of ether oxygens (including phenoxy) is 2. The Bertz CT molecular complexity index is 855. The van der Waals surface area contributed by atoms with Crippen molar-refractivity contribution in [3.63, 3.8) is 0 Å². The zero-order valence-electron chi connectivity index (χ0n) is 14.2. The molecule has 6 nitrogen and oxygen atoms in total. The fraction of sp³-hybridized carbons (Fsp3) is 0.263. The molecular formula is C19H20N2O4. The molecular weight excluding hydrogens is 320 g/mol. The number of fused-ring (bicyclic) bond motifs is 1. The Balaban J connectivity index is 1.74. The lowest BCUT2D eigenvalue weighted by Gasteiger charge is -2.03. The van der Waals surface area contributed by atoms with Crippen molar-refractivity contribution in [3.8, 4) is 5.75 Å². The van der Waals surface area contributed by atoms with Crippen LogP contribution in [0.5, 0.6) is 5.75 Å². The van der Waals surface area contributed by atoms with Gasteiger partial charge in [-0.2, -0.15) is 0 Å². The topological polar surface area (TPSA) is 73.6 Å². The van der Waals surface area contributed by atoms with Crippen LogP contribution in [0.25, 0.3) is 11.1 Å². The number of rotatable bonds is 7. The first kappa shape index (κ1) is 17.0. The van der Waals surface area contributed by atoms with Crippen molar-refractivity contribution in [3.05, 3.63) is 59.5 Å². The summed E-state index contributed by atoms with van der Waals surface area (Å²) in [5.74, 6) is 1.26. The molecule has 0 aliphatic heterocycles. The quantitative estimate of drug-likeness (QED) is 0.670. The summed E-state index contributed by atoms with van der Waals surface area (Å²) in [5, 5.41) is 2.78. The third-order valence-electron chi connectivity index (χ3n) is 3.80. The summed E-state index contributed by atoms with van der Waals surface area (Å²) >= 11 is 0. The van der Waals surface area contributed by atoms with E-state index in [1.54, 1.807) is 32.4 Å². The van der Waals surface area contributed by atoms with Crippen molar-refractivity contribution >= 4 is 17.0 Å². The van der Waals surface area contributed by atoms with E-state index in [9.17, 15) is 4.79 Å². The second-order valence-electron chi connectivity index (χ2n) is 5.56. The number of nitrogens with zero attached hydrogens (tertiary/aromatic N) is 1. The summed E-state index contributed by atoms with van der Waals surface area (Å²) in [5.41, 5.74) is 2.94. The van der Waals surface area contributed by atoms with Crippen molar-refractivity contribution in [1.29, 1.82) is 0 Å². The second kappa shape index (κ2) is 7.81. The van der Waals surface area contributed by atoms with Crippen LogP contribution in [0.3, 0.4) is 0 Å². The van der Waals surface area contributed by atoms with Crippen LogP contribution in [0.4, 0.5) is 0 Å². The molecule has 6 heteroatoms. The van der Waals surface area contributed by atoms with Gasteiger partial charge < -0.3 is 19.2 Å². The van der Waals surface area contributed by atoms with Gasteiger partial charge in [-0.25, -0.2) is 4.98 Å². The van der Waals surface area contributed by atoms with Gasteiger partial charge in [-0.3, -0.25) is 4.79 Å². The van der Waals surface area contributed by atoms with Crippen LogP contribution >= 0.6 is 0 Å². The molecule has 1 amide bonds. The standard InChI is InChI=1S/C19H20N2O4/c1-23-10-9-20-19(22)14-5-8-16-17(12-14)25-18(21-16)11-13-3-6-15(24-2)7-4-13/h3-8,12H,9-11H2,1-2H3,(H,20,22). The molecule has 3 aromatic rings. The van der Waals surface area contributed by atoms with Gasteiger partial charge in [0.1, 0.15) is 11.3 Å². The molecule has 1 aromatic heterocycles. The van der Waals surface area contributed by atoms with E-state index in [1.165, 1.54) is 0 Å². The van der Waals surface area contributed by atoms with E-state index >= 15 is 0 Å². The van der Waals surface area contributed by atoms with Crippen molar-refractivity contribution in [2.75, 3.05) is 27.4 Å². The fourth-order valence-corrected chi connectivity index (χ4v) is 2.48. The summed E-state index contributed by atoms with van der Waals surface area (Å²) in [6.45, 7) is 0.939. The minimum absolute atomic E-state index is 0.160. The Morgan fingerprint density at radius 3 is 2.68 bits per heavy atom. The van der Waals surface area contributed by atoms with E-state index in [2.05, 4.69) is 10.3 Å². The first-order chi connectivity index (χ1) is 12.2. The number of amides is 1. The van der Waals surface area contributed by atoms with Crippen LogP contribution in [0.15, 0.2) is 46.9 Å². The highest BCUT2D eigenvalue weighted by atomic mass is 16.5. The summed E-state index contributed by atoms with van der Waals surface area (Å²) in [4.78, 5) is 16.6. The SMILES string of the molecule is COCCNC(=O)c1ccc2nc(Cc3ccc(OC)cc3)oc2c1. The highest BCUT2D eigenvalue weighted by molar-refractivity contribution is 5.97. The molecule has 0 saturated heterocycles. The Morgan fingerprint density at radius 1 is 1.16 bits per heavy atom. The second-order valence-corrected chi connectivity index (χ2v) is 5.56. The maximum absolute atomic E-state index is 12.1. The number of nitrogens with one attached hydrogen (secondary N) is 1.